The molecule has 1 N–H and O–H groups in total. The van der Waals surface area contributed by atoms with E-state index >= 15 is 0 Å². The number of nitrogens with zero attached hydrogens (tertiary/aromatic N) is 1. The molecule has 0 saturated carbocycles. The number of carbonyl (C=O) groups excluding carboxylic acids is 2. The van der Waals surface area contributed by atoms with Gasteiger partial charge >= 0.3 is 0 Å². The Morgan fingerprint density at radius 3 is 2.42 bits per heavy atom. The van der Waals surface area contributed by atoms with Crippen LogP contribution in [0, 0.1) is 0 Å². The van der Waals surface area contributed by atoms with Gasteiger partial charge in [0.1, 0.15) is 10.6 Å². The smallest absolute Gasteiger partial charge is 0.269 e. The average Bonchev–Trinajstić information content (AvgIpc) is 3.26. The summed E-state index contributed by atoms with van der Waals surface area (Å²) in [6.45, 7) is 1.65. The second-order valence-corrected chi connectivity index (χ2v) is 9.47. The third kappa shape index (κ3) is 5.29. The molecular weight excluding hydrogens is 428 g/mol. The van der Waals surface area contributed by atoms with Gasteiger partial charge in [-0.15, -0.1) is 11.3 Å². The number of amides is 2. The predicted molar refractivity (Wildman–Crippen MR) is 128 cm³/mol. The number of thioether (sulfide) groups is 1. The molecule has 0 unspecified atom stereocenters. The molecule has 2 heterocycles. The molecule has 2 aromatic carbocycles. The molecule has 0 bridgehead atoms. The van der Waals surface area contributed by atoms with Crippen molar-refractivity contribution >= 4 is 40.6 Å². The molecule has 3 aromatic rings. The van der Waals surface area contributed by atoms with Crippen LogP contribution >= 0.6 is 23.1 Å². The number of anilines is 1. The summed E-state index contributed by atoms with van der Waals surface area (Å²) < 4.78 is 5.43. The van der Waals surface area contributed by atoms with Crippen LogP contribution in [-0.4, -0.2) is 48.4 Å². The zero-order valence-electron chi connectivity index (χ0n) is 17.3. The first-order valence-electron chi connectivity index (χ1n) is 10.1. The van der Waals surface area contributed by atoms with Gasteiger partial charge < -0.3 is 15.0 Å². The average molecular weight is 453 g/mol. The highest BCUT2D eigenvalue weighted by Gasteiger charge is 2.19. The van der Waals surface area contributed by atoms with Gasteiger partial charge in [-0.25, -0.2) is 0 Å². The fourth-order valence-corrected chi connectivity index (χ4v) is 5.35. The standard InChI is InChI=1S/C24H24N2O3S2/c1-29-20-16-21(18-5-3-2-4-6-18)31-23(20)24(28)25-19-9-7-17(8-10-19)15-22(27)26-11-13-30-14-12-26/h2-10,16H,11-15H2,1H3,(H,25,28). The lowest BCUT2D eigenvalue weighted by Crippen LogP contribution is -2.38. The molecule has 1 fully saturated rings. The molecule has 2 amide bonds. The van der Waals surface area contributed by atoms with Crippen LogP contribution in [0.25, 0.3) is 10.4 Å². The molecule has 0 atom stereocenters. The maximum atomic E-state index is 12.9. The predicted octanol–water partition coefficient (Wildman–Crippen LogP) is 4.79. The van der Waals surface area contributed by atoms with Crippen molar-refractivity contribution in [2.24, 2.45) is 0 Å². The number of benzene rings is 2. The van der Waals surface area contributed by atoms with E-state index in [0.717, 1.165) is 40.6 Å². The molecule has 5 nitrogen and oxygen atoms in total. The SMILES string of the molecule is COc1cc(-c2ccccc2)sc1C(=O)Nc1ccc(CC(=O)N2CCSCC2)cc1. The van der Waals surface area contributed by atoms with Crippen molar-refractivity contribution in [1.29, 1.82) is 0 Å². The van der Waals surface area contributed by atoms with Crippen LogP contribution < -0.4 is 10.1 Å². The maximum Gasteiger partial charge on any atom is 0.269 e. The molecule has 4 rings (SSSR count). The van der Waals surface area contributed by atoms with Crippen LogP contribution in [0.1, 0.15) is 15.2 Å². The van der Waals surface area contributed by atoms with Crippen molar-refractivity contribution in [2.45, 2.75) is 6.42 Å². The lowest BCUT2D eigenvalue weighted by atomic mass is 10.1. The van der Waals surface area contributed by atoms with Gasteiger partial charge in [-0.05, 0) is 29.3 Å². The largest absolute Gasteiger partial charge is 0.495 e. The molecule has 1 aliphatic rings. The van der Waals surface area contributed by atoms with Gasteiger partial charge in [-0.2, -0.15) is 11.8 Å². The molecule has 1 saturated heterocycles. The lowest BCUT2D eigenvalue weighted by Gasteiger charge is -2.26. The minimum Gasteiger partial charge on any atom is -0.495 e. The lowest BCUT2D eigenvalue weighted by molar-refractivity contribution is -0.130. The van der Waals surface area contributed by atoms with E-state index in [-0.39, 0.29) is 11.8 Å². The Morgan fingerprint density at radius 1 is 1.03 bits per heavy atom. The van der Waals surface area contributed by atoms with Crippen LogP contribution in [0.3, 0.4) is 0 Å². The van der Waals surface area contributed by atoms with Crippen molar-refractivity contribution < 1.29 is 14.3 Å². The van der Waals surface area contributed by atoms with E-state index < -0.39 is 0 Å². The molecule has 0 aliphatic carbocycles. The van der Waals surface area contributed by atoms with Crippen molar-refractivity contribution in [3.8, 4) is 16.2 Å². The molecule has 1 aliphatic heterocycles. The maximum absolute atomic E-state index is 12.9. The van der Waals surface area contributed by atoms with E-state index in [0.29, 0.717) is 22.7 Å². The van der Waals surface area contributed by atoms with E-state index in [4.69, 9.17) is 4.74 Å². The summed E-state index contributed by atoms with van der Waals surface area (Å²) in [5.74, 6) is 2.53. The van der Waals surface area contributed by atoms with Gasteiger partial charge in [-0.3, -0.25) is 9.59 Å². The van der Waals surface area contributed by atoms with Crippen LogP contribution in [0.15, 0.2) is 60.7 Å². The van der Waals surface area contributed by atoms with Gasteiger partial charge in [0, 0.05) is 35.2 Å². The summed E-state index contributed by atoms with van der Waals surface area (Å²) >= 11 is 3.29. The summed E-state index contributed by atoms with van der Waals surface area (Å²) in [6, 6.07) is 19.3. The fourth-order valence-electron chi connectivity index (χ4n) is 3.42. The monoisotopic (exact) mass is 452 g/mol. The highest BCUT2D eigenvalue weighted by atomic mass is 32.2. The van der Waals surface area contributed by atoms with Crippen molar-refractivity contribution in [1.82, 2.24) is 4.90 Å². The Hall–Kier alpha value is -2.77. The van der Waals surface area contributed by atoms with Crippen LogP contribution in [0.2, 0.25) is 0 Å². The van der Waals surface area contributed by atoms with Crippen LogP contribution in [0.5, 0.6) is 5.75 Å². The number of methoxy groups -OCH3 is 1. The quantitative estimate of drug-likeness (QED) is 0.584. The van der Waals surface area contributed by atoms with Gasteiger partial charge in [0.05, 0.1) is 13.5 Å². The number of carbonyl (C=O) groups is 2. The zero-order valence-corrected chi connectivity index (χ0v) is 18.9. The second kappa shape index (κ2) is 10.0. The Balaban J connectivity index is 1.42. The first kappa shape index (κ1) is 21.5. The number of thiophene rings is 1. The Labute approximate surface area is 190 Å². The first-order valence-corrected chi connectivity index (χ1v) is 12.1. The number of ether oxygens (including phenoxy) is 1. The number of nitrogens with one attached hydrogen (secondary N) is 1. The van der Waals surface area contributed by atoms with E-state index in [1.54, 1.807) is 7.11 Å². The summed E-state index contributed by atoms with van der Waals surface area (Å²) in [5.41, 5.74) is 2.68. The molecule has 0 spiro atoms. The summed E-state index contributed by atoms with van der Waals surface area (Å²) in [5, 5.41) is 2.94. The molecule has 160 valence electrons. The van der Waals surface area contributed by atoms with E-state index in [1.165, 1.54) is 11.3 Å². The zero-order chi connectivity index (χ0) is 21.6. The second-order valence-electron chi connectivity index (χ2n) is 7.20. The Morgan fingerprint density at radius 2 is 1.74 bits per heavy atom. The first-order chi connectivity index (χ1) is 15.1. The number of hydrogen-bond donors (Lipinski definition) is 1. The van der Waals surface area contributed by atoms with Crippen molar-refractivity contribution in [3.63, 3.8) is 0 Å². The van der Waals surface area contributed by atoms with E-state index in [9.17, 15) is 9.59 Å². The Bertz CT molecular complexity index is 1040. The molecule has 31 heavy (non-hydrogen) atoms. The summed E-state index contributed by atoms with van der Waals surface area (Å²) in [6.07, 6.45) is 0.387. The third-order valence-corrected chi connectivity index (χ3v) is 7.22. The van der Waals surface area contributed by atoms with Gasteiger partial charge in [0.2, 0.25) is 5.91 Å². The third-order valence-electron chi connectivity index (χ3n) is 5.11. The van der Waals surface area contributed by atoms with Crippen molar-refractivity contribution in [3.05, 3.63) is 71.1 Å². The van der Waals surface area contributed by atoms with Gasteiger partial charge in [-0.1, -0.05) is 42.5 Å². The van der Waals surface area contributed by atoms with Crippen LogP contribution in [-0.2, 0) is 11.2 Å². The molecular formula is C24H24N2O3S2. The molecule has 1 aromatic heterocycles. The molecule has 0 radical (unpaired) electrons. The van der Waals surface area contributed by atoms with Gasteiger partial charge in [0.15, 0.2) is 0 Å². The fraction of sp³-hybridized carbons (Fsp3) is 0.250. The minimum atomic E-state index is -0.210. The Kier molecular flexibility index (Phi) is 6.94. The van der Waals surface area contributed by atoms with Crippen LogP contribution in [0.4, 0.5) is 5.69 Å². The highest BCUT2D eigenvalue weighted by molar-refractivity contribution is 7.99. The van der Waals surface area contributed by atoms with Crippen molar-refractivity contribution in [2.75, 3.05) is 37.0 Å². The topological polar surface area (TPSA) is 58.6 Å². The highest BCUT2D eigenvalue weighted by Crippen LogP contribution is 2.36. The van der Waals surface area contributed by atoms with E-state index in [1.807, 2.05) is 77.3 Å². The van der Waals surface area contributed by atoms with E-state index in [2.05, 4.69) is 5.32 Å². The summed E-state index contributed by atoms with van der Waals surface area (Å²) in [4.78, 5) is 28.7. The number of rotatable bonds is 6. The van der Waals surface area contributed by atoms with Gasteiger partial charge in [0.25, 0.3) is 5.91 Å². The normalized spacial score (nSPS) is 13.6. The minimum absolute atomic E-state index is 0.161. The molecule has 7 heteroatoms. The summed E-state index contributed by atoms with van der Waals surface area (Å²) in [7, 11) is 1.57. The number of hydrogen-bond acceptors (Lipinski definition) is 5.